The summed E-state index contributed by atoms with van der Waals surface area (Å²) >= 11 is 6.21. The van der Waals surface area contributed by atoms with E-state index in [9.17, 15) is 9.59 Å². The van der Waals surface area contributed by atoms with E-state index in [1.807, 2.05) is 6.08 Å². The van der Waals surface area contributed by atoms with Crippen molar-refractivity contribution in [3.05, 3.63) is 52.4 Å². The highest BCUT2D eigenvalue weighted by atomic mass is 32.2. The molecule has 1 fully saturated rings. The average Bonchev–Trinajstić information content (AvgIpc) is 2.93. The van der Waals surface area contributed by atoms with Gasteiger partial charge in [-0.3, -0.25) is 14.5 Å². The number of aliphatic carboxylic acids is 1. The SMILES string of the molecule is CCCCCCCCc1ccc(C=CC=C2SC(=S)N(CC(=O)O)C2=O)cc1. The van der Waals surface area contributed by atoms with Gasteiger partial charge in [-0.15, -0.1) is 0 Å². The standard InChI is InChI=1S/C22H27NO3S2/c1-2-3-4-5-6-7-9-17-12-14-18(15-13-17)10-8-11-19-21(26)23(16-20(24)25)22(27)28-19/h8,10-15H,2-7,9,16H2,1H3,(H,24,25). The van der Waals surface area contributed by atoms with Gasteiger partial charge >= 0.3 is 5.97 Å². The molecule has 2 rings (SSSR count). The first-order valence-corrected chi connectivity index (χ1v) is 11.0. The predicted octanol–water partition coefficient (Wildman–Crippen LogP) is 5.43. The van der Waals surface area contributed by atoms with Crippen molar-refractivity contribution in [1.29, 1.82) is 0 Å². The number of carboxylic acids is 1. The number of carboxylic acid groups (broad SMARTS) is 1. The predicted molar refractivity (Wildman–Crippen MR) is 120 cm³/mol. The van der Waals surface area contributed by atoms with Crippen LogP contribution >= 0.6 is 24.0 Å². The van der Waals surface area contributed by atoms with Gasteiger partial charge in [0, 0.05) is 0 Å². The van der Waals surface area contributed by atoms with E-state index >= 15 is 0 Å². The lowest BCUT2D eigenvalue weighted by atomic mass is 10.0. The lowest BCUT2D eigenvalue weighted by molar-refractivity contribution is -0.140. The van der Waals surface area contributed by atoms with Crippen molar-refractivity contribution >= 4 is 46.3 Å². The zero-order valence-corrected chi connectivity index (χ0v) is 17.9. The van der Waals surface area contributed by atoms with Crippen LogP contribution in [-0.4, -0.2) is 32.7 Å². The third-order valence-corrected chi connectivity index (χ3v) is 5.90. The molecule has 0 atom stereocenters. The highest BCUT2D eigenvalue weighted by Gasteiger charge is 2.32. The number of aryl methyl sites for hydroxylation is 1. The number of hydrogen-bond acceptors (Lipinski definition) is 4. The Morgan fingerprint density at radius 2 is 1.82 bits per heavy atom. The summed E-state index contributed by atoms with van der Waals surface area (Å²) in [5, 5.41) is 8.85. The molecule has 0 bridgehead atoms. The number of thiocarbonyl (C=S) groups is 1. The second kappa shape index (κ2) is 11.8. The van der Waals surface area contributed by atoms with Crippen LogP contribution in [0, 0.1) is 0 Å². The minimum absolute atomic E-state index is 0.283. The molecule has 150 valence electrons. The van der Waals surface area contributed by atoms with Gasteiger partial charge in [0.1, 0.15) is 10.9 Å². The fourth-order valence-corrected chi connectivity index (χ4v) is 4.14. The number of unbranched alkanes of at least 4 members (excludes halogenated alkanes) is 5. The van der Waals surface area contributed by atoms with E-state index in [1.165, 1.54) is 44.1 Å². The average molecular weight is 418 g/mol. The van der Waals surface area contributed by atoms with Crippen LogP contribution in [-0.2, 0) is 16.0 Å². The molecule has 1 heterocycles. The van der Waals surface area contributed by atoms with Crippen LogP contribution in [0.3, 0.4) is 0 Å². The van der Waals surface area contributed by atoms with Crippen molar-refractivity contribution in [3.63, 3.8) is 0 Å². The van der Waals surface area contributed by atoms with E-state index in [1.54, 1.807) is 12.2 Å². The first kappa shape index (κ1) is 22.4. The van der Waals surface area contributed by atoms with E-state index in [0.29, 0.717) is 4.91 Å². The Labute approximate surface area is 176 Å². The lowest BCUT2D eigenvalue weighted by Gasteiger charge is -2.09. The molecule has 0 radical (unpaired) electrons. The van der Waals surface area contributed by atoms with Gasteiger partial charge < -0.3 is 5.11 Å². The molecule has 0 spiro atoms. The quantitative estimate of drug-likeness (QED) is 0.295. The molecule has 0 unspecified atom stereocenters. The van der Waals surface area contributed by atoms with Crippen LogP contribution in [0.15, 0.2) is 41.3 Å². The first-order valence-electron chi connectivity index (χ1n) is 9.74. The van der Waals surface area contributed by atoms with Gasteiger partial charge in [-0.1, -0.05) is 99.4 Å². The molecule has 1 aromatic carbocycles. The van der Waals surface area contributed by atoms with E-state index in [0.717, 1.165) is 28.6 Å². The summed E-state index contributed by atoms with van der Waals surface area (Å²) in [5.74, 6) is -1.43. The summed E-state index contributed by atoms with van der Waals surface area (Å²) in [4.78, 5) is 24.5. The van der Waals surface area contributed by atoms with Crippen LogP contribution in [0.4, 0.5) is 0 Å². The number of nitrogens with zero attached hydrogens (tertiary/aromatic N) is 1. The molecule has 4 nitrogen and oxygen atoms in total. The maximum atomic E-state index is 12.2. The molecule has 1 saturated heterocycles. The van der Waals surface area contributed by atoms with Gasteiger partial charge in [0.15, 0.2) is 0 Å². The zero-order valence-electron chi connectivity index (χ0n) is 16.2. The van der Waals surface area contributed by atoms with Crippen molar-refractivity contribution < 1.29 is 14.7 Å². The van der Waals surface area contributed by atoms with Crippen LogP contribution < -0.4 is 0 Å². The minimum Gasteiger partial charge on any atom is -0.480 e. The van der Waals surface area contributed by atoms with Gasteiger partial charge in [-0.2, -0.15) is 0 Å². The zero-order chi connectivity index (χ0) is 20.4. The fraction of sp³-hybridized carbons (Fsp3) is 0.409. The van der Waals surface area contributed by atoms with Crippen molar-refractivity contribution in [2.75, 3.05) is 6.54 Å². The lowest BCUT2D eigenvalue weighted by Crippen LogP contribution is -2.33. The summed E-state index contributed by atoms with van der Waals surface area (Å²) in [6.45, 7) is 1.84. The Balaban J connectivity index is 1.82. The first-order chi connectivity index (χ1) is 13.5. The largest absolute Gasteiger partial charge is 0.480 e. The Kier molecular flexibility index (Phi) is 9.44. The number of allylic oxidation sites excluding steroid dienone is 2. The normalized spacial score (nSPS) is 15.9. The van der Waals surface area contributed by atoms with Crippen LogP contribution in [0.5, 0.6) is 0 Å². The van der Waals surface area contributed by atoms with Crippen molar-refractivity contribution in [1.82, 2.24) is 4.90 Å². The summed E-state index contributed by atoms with van der Waals surface area (Å²) in [7, 11) is 0. The molecule has 0 aliphatic carbocycles. The van der Waals surface area contributed by atoms with Gasteiger partial charge in [-0.25, -0.2) is 0 Å². The Hall–Kier alpha value is -1.92. The summed E-state index contributed by atoms with van der Waals surface area (Å²) < 4.78 is 0.283. The molecule has 1 aliphatic rings. The van der Waals surface area contributed by atoms with Crippen LogP contribution in [0.1, 0.15) is 56.6 Å². The minimum atomic E-state index is -1.07. The monoisotopic (exact) mass is 417 g/mol. The molecule has 1 amide bonds. The smallest absolute Gasteiger partial charge is 0.323 e. The number of carbonyl (C=O) groups is 2. The van der Waals surface area contributed by atoms with Crippen molar-refractivity contribution in [3.8, 4) is 0 Å². The fourth-order valence-electron chi connectivity index (χ4n) is 2.94. The molecular formula is C22H27NO3S2. The van der Waals surface area contributed by atoms with E-state index in [4.69, 9.17) is 17.3 Å². The van der Waals surface area contributed by atoms with Gasteiger partial charge in [0.05, 0.1) is 4.91 Å². The molecule has 1 aliphatic heterocycles. The highest BCUT2D eigenvalue weighted by Crippen LogP contribution is 2.30. The molecule has 28 heavy (non-hydrogen) atoms. The highest BCUT2D eigenvalue weighted by molar-refractivity contribution is 8.26. The number of amides is 1. The number of carbonyl (C=O) groups excluding carboxylic acids is 1. The molecular weight excluding hydrogens is 390 g/mol. The molecule has 1 aromatic rings. The summed E-state index contributed by atoms with van der Waals surface area (Å²) in [6.07, 6.45) is 14.3. The molecule has 0 aromatic heterocycles. The maximum Gasteiger partial charge on any atom is 0.323 e. The molecule has 1 N–H and O–H groups in total. The summed E-state index contributed by atoms with van der Waals surface area (Å²) in [5.41, 5.74) is 2.41. The molecule has 0 saturated carbocycles. The van der Waals surface area contributed by atoms with Crippen LogP contribution in [0.25, 0.3) is 6.08 Å². The number of hydrogen-bond donors (Lipinski definition) is 1. The van der Waals surface area contributed by atoms with Crippen molar-refractivity contribution in [2.24, 2.45) is 0 Å². The third-order valence-electron chi connectivity index (χ3n) is 4.50. The van der Waals surface area contributed by atoms with E-state index < -0.39 is 12.5 Å². The summed E-state index contributed by atoms with van der Waals surface area (Å²) in [6, 6.07) is 8.45. The Bertz CT molecular complexity index is 754. The van der Waals surface area contributed by atoms with E-state index in [2.05, 4.69) is 31.2 Å². The number of benzene rings is 1. The number of rotatable bonds is 11. The Morgan fingerprint density at radius 3 is 2.50 bits per heavy atom. The molecule has 6 heteroatoms. The van der Waals surface area contributed by atoms with Gasteiger partial charge in [0.25, 0.3) is 5.91 Å². The number of thioether (sulfide) groups is 1. The van der Waals surface area contributed by atoms with Gasteiger partial charge in [0.2, 0.25) is 0 Å². The van der Waals surface area contributed by atoms with Crippen molar-refractivity contribution in [2.45, 2.75) is 51.9 Å². The second-order valence-electron chi connectivity index (χ2n) is 6.80. The topological polar surface area (TPSA) is 57.6 Å². The maximum absolute atomic E-state index is 12.2. The van der Waals surface area contributed by atoms with Gasteiger partial charge in [-0.05, 0) is 30.0 Å². The second-order valence-corrected chi connectivity index (χ2v) is 8.48. The Morgan fingerprint density at radius 1 is 1.14 bits per heavy atom. The third kappa shape index (κ3) is 7.24. The van der Waals surface area contributed by atoms with E-state index in [-0.39, 0.29) is 10.2 Å². The van der Waals surface area contributed by atoms with Crippen LogP contribution in [0.2, 0.25) is 0 Å².